The molecule has 1 fully saturated rings. The number of hydrogen-bond acceptors (Lipinski definition) is 5. The van der Waals surface area contributed by atoms with Gasteiger partial charge < -0.3 is 5.32 Å². The second-order valence-electron chi connectivity index (χ2n) is 5.09. The molecule has 0 saturated carbocycles. The van der Waals surface area contributed by atoms with Gasteiger partial charge in [0.1, 0.15) is 0 Å². The van der Waals surface area contributed by atoms with Gasteiger partial charge in [0.15, 0.2) is 0 Å². The summed E-state index contributed by atoms with van der Waals surface area (Å²) in [7, 11) is -3.72. The molecular weight excluding hydrogens is 294 g/mol. The molecule has 0 unspecified atom stereocenters. The average molecular weight is 313 g/mol. The molecule has 1 N–H and O–H groups in total. The van der Waals surface area contributed by atoms with E-state index < -0.39 is 14.9 Å². The van der Waals surface area contributed by atoms with Crippen molar-refractivity contribution in [1.29, 1.82) is 0 Å². The van der Waals surface area contributed by atoms with Gasteiger partial charge in [-0.15, -0.1) is 0 Å². The highest BCUT2D eigenvalue weighted by molar-refractivity contribution is 7.89. The molecule has 8 heteroatoms. The monoisotopic (exact) mass is 313 g/mol. The van der Waals surface area contributed by atoms with Crippen LogP contribution in [0.4, 0.5) is 5.69 Å². The Bertz CT molecular complexity index is 641. The van der Waals surface area contributed by atoms with E-state index in [0.29, 0.717) is 26.1 Å². The first-order valence-electron chi connectivity index (χ1n) is 6.86. The van der Waals surface area contributed by atoms with Crippen LogP contribution in [0.2, 0.25) is 0 Å². The van der Waals surface area contributed by atoms with E-state index in [1.807, 2.05) is 6.92 Å². The lowest BCUT2D eigenvalue weighted by atomic mass is 10.2. The van der Waals surface area contributed by atoms with Crippen LogP contribution in [0.1, 0.15) is 18.9 Å². The van der Waals surface area contributed by atoms with Crippen molar-refractivity contribution in [2.45, 2.75) is 31.2 Å². The van der Waals surface area contributed by atoms with Gasteiger partial charge in [-0.05, 0) is 19.4 Å². The van der Waals surface area contributed by atoms with E-state index in [4.69, 9.17) is 0 Å². The maximum Gasteiger partial charge on any atom is 0.273 e. The Hall–Kier alpha value is -1.51. The zero-order valence-electron chi connectivity index (χ0n) is 12.1. The first-order valence-corrected chi connectivity index (χ1v) is 8.30. The highest BCUT2D eigenvalue weighted by atomic mass is 32.2. The molecule has 7 nitrogen and oxygen atoms in total. The molecule has 0 amide bonds. The Balaban J connectivity index is 2.47. The lowest BCUT2D eigenvalue weighted by molar-refractivity contribution is -0.385. The molecule has 0 aromatic heterocycles. The predicted molar refractivity (Wildman–Crippen MR) is 78.7 cm³/mol. The molecular formula is C13H19N3O4S. The summed E-state index contributed by atoms with van der Waals surface area (Å²) in [4.78, 5) is 10.5. The molecule has 1 aromatic carbocycles. The van der Waals surface area contributed by atoms with Gasteiger partial charge in [-0.2, -0.15) is 4.31 Å². The Kier molecular flexibility index (Phi) is 4.60. The standard InChI is InChI=1S/C13H19N3O4S/c1-3-7-15(11-8-14-9-11)21(19,20)13-6-4-5-12(10(13)2)16(17)18/h4-6,11,14H,3,7-9H2,1-2H3. The van der Waals surface area contributed by atoms with Crippen LogP contribution in [0.3, 0.4) is 0 Å². The Labute approximate surface area is 124 Å². The number of benzene rings is 1. The maximum atomic E-state index is 12.8. The number of nitrogens with one attached hydrogen (secondary N) is 1. The SMILES string of the molecule is CCCN(C1CNC1)S(=O)(=O)c1cccc([N+](=O)[O-])c1C. The minimum atomic E-state index is -3.72. The maximum absolute atomic E-state index is 12.8. The molecule has 1 saturated heterocycles. The summed E-state index contributed by atoms with van der Waals surface area (Å²) in [6.07, 6.45) is 0.698. The van der Waals surface area contributed by atoms with Gasteiger partial charge in [0.05, 0.1) is 15.9 Å². The highest BCUT2D eigenvalue weighted by Crippen LogP contribution is 2.28. The van der Waals surface area contributed by atoms with Gasteiger partial charge in [0.2, 0.25) is 10.0 Å². The van der Waals surface area contributed by atoms with E-state index in [1.165, 1.54) is 29.4 Å². The Morgan fingerprint density at radius 2 is 2.10 bits per heavy atom. The van der Waals surface area contributed by atoms with Crippen LogP contribution in [0, 0.1) is 17.0 Å². The summed E-state index contributed by atoms with van der Waals surface area (Å²) in [5.41, 5.74) is 0.0233. The predicted octanol–water partition coefficient (Wildman–Crippen LogP) is 1.28. The van der Waals surface area contributed by atoms with Crippen LogP contribution < -0.4 is 5.32 Å². The van der Waals surface area contributed by atoms with E-state index in [0.717, 1.165) is 0 Å². The molecule has 0 spiro atoms. The van der Waals surface area contributed by atoms with Crippen molar-refractivity contribution in [3.05, 3.63) is 33.9 Å². The minimum Gasteiger partial charge on any atom is -0.313 e. The van der Waals surface area contributed by atoms with Gasteiger partial charge in [-0.3, -0.25) is 10.1 Å². The van der Waals surface area contributed by atoms with E-state index in [2.05, 4.69) is 5.32 Å². The molecule has 1 aliphatic heterocycles. The van der Waals surface area contributed by atoms with Gasteiger partial charge in [0.25, 0.3) is 5.69 Å². The lowest BCUT2D eigenvalue weighted by Gasteiger charge is -2.37. The van der Waals surface area contributed by atoms with Crippen LogP contribution in [-0.4, -0.2) is 43.3 Å². The van der Waals surface area contributed by atoms with Gasteiger partial charge in [0, 0.05) is 31.3 Å². The van der Waals surface area contributed by atoms with E-state index in [1.54, 1.807) is 0 Å². The van der Waals surface area contributed by atoms with Crippen molar-refractivity contribution >= 4 is 15.7 Å². The smallest absolute Gasteiger partial charge is 0.273 e. The molecule has 0 radical (unpaired) electrons. The Morgan fingerprint density at radius 3 is 2.57 bits per heavy atom. The lowest BCUT2D eigenvalue weighted by Crippen LogP contribution is -2.58. The van der Waals surface area contributed by atoms with Crippen molar-refractivity contribution in [1.82, 2.24) is 9.62 Å². The summed E-state index contributed by atoms with van der Waals surface area (Å²) in [6, 6.07) is 4.10. The molecule has 21 heavy (non-hydrogen) atoms. The number of nitro benzene ring substituents is 1. The molecule has 116 valence electrons. The number of sulfonamides is 1. The minimum absolute atomic E-state index is 0.0250. The van der Waals surface area contributed by atoms with E-state index in [9.17, 15) is 18.5 Å². The molecule has 1 heterocycles. The van der Waals surface area contributed by atoms with Crippen molar-refractivity contribution in [3.8, 4) is 0 Å². The van der Waals surface area contributed by atoms with Crippen LogP contribution in [0.15, 0.2) is 23.1 Å². The Morgan fingerprint density at radius 1 is 1.43 bits per heavy atom. The largest absolute Gasteiger partial charge is 0.313 e. The number of rotatable bonds is 6. The third-order valence-electron chi connectivity index (χ3n) is 3.65. The first kappa shape index (κ1) is 15.9. The van der Waals surface area contributed by atoms with Crippen LogP contribution >= 0.6 is 0 Å². The first-order chi connectivity index (χ1) is 9.89. The van der Waals surface area contributed by atoms with Crippen LogP contribution in [-0.2, 0) is 10.0 Å². The second-order valence-corrected chi connectivity index (χ2v) is 6.94. The zero-order valence-corrected chi connectivity index (χ0v) is 12.9. The van der Waals surface area contributed by atoms with Gasteiger partial charge in [-0.1, -0.05) is 13.0 Å². The quantitative estimate of drug-likeness (QED) is 0.631. The highest BCUT2D eigenvalue weighted by Gasteiger charge is 2.36. The summed E-state index contributed by atoms with van der Waals surface area (Å²) >= 11 is 0. The summed E-state index contributed by atoms with van der Waals surface area (Å²) in [6.45, 7) is 5.04. The third kappa shape index (κ3) is 2.92. The topological polar surface area (TPSA) is 92.6 Å². The fourth-order valence-corrected chi connectivity index (χ4v) is 4.36. The number of hydrogen-bond donors (Lipinski definition) is 1. The van der Waals surface area contributed by atoms with Crippen molar-refractivity contribution in [2.24, 2.45) is 0 Å². The second kappa shape index (κ2) is 6.08. The average Bonchev–Trinajstić information content (AvgIpc) is 2.35. The fourth-order valence-electron chi connectivity index (χ4n) is 2.40. The van der Waals surface area contributed by atoms with Crippen LogP contribution in [0.5, 0.6) is 0 Å². The van der Waals surface area contributed by atoms with Crippen molar-refractivity contribution < 1.29 is 13.3 Å². The van der Waals surface area contributed by atoms with Crippen LogP contribution in [0.25, 0.3) is 0 Å². The van der Waals surface area contributed by atoms with E-state index >= 15 is 0 Å². The molecule has 0 atom stereocenters. The summed E-state index contributed by atoms with van der Waals surface area (Å²) < 4.78 is 27.1. The third-order valence-corrected chi connectivity index (χ3v) is 5.75. The van der Waals surface area contributed by atoms with Gasteiger partial charge in [-0.25, -0.2) is 8.42 Å². The number of nitro groups is 1. The number of nitrogens with zero attached hydrogens (tertiary/aromatic N) is 2. The van der Waals surface area contributed by atoms with Crippen molar-refractivity contribution in [2.75, 3.05) is 19.6 Å². The van der Waals surface area contributed by atoms with E-state index in [-0.39, 0.29) is 22.2 Å². The molecule has 1 aromatic rings. The molecule has 1 aliphatic rings. The normalized spacial score (nSPS) is 16.0. The summed E-state index contributed by atoms with van der Waals surface area (Å²) in [5.74, 6) is 0. The molecule has 0 bridgehead atoms. The zero-order chi connectivity index (χ0) is 15.6. The fraction of sp³-hybridized carbons (Fsp3) is 0.538. The van der Waals surface area contributed by atoms with Gasteiger partial charge >= 0.3 is 0 Å². The molecule has 0 aliphatic carbocycles. The molecule has 2 rings (SSSR count). The van der Waals surface area contributed by atoms with Crippen molar-refractivity contribution in [3.63, 3.8) is 0 Å². The summed E-state index contributed by atoms with van der Waals surface area (Å²) in [5, 5.41) is 14.0.